The molecule has 4 aromatic rings. The van der Waals surface area contributed by atoms with Gasteiger partial charge in [0.1, 0.15) is 29.7 Å². The van der Waals surface area contributed by atoms with Gasteiger partial charge >= 0.3 is 0 Å². The zero-order valence-corrected chi connectivity index (χ0v) is 22.5. The Morgan fingerprint density at radius 3 is 2.44 bits per heavy atom. The molecule has 0 spiro atoms. The predicted octanol–water partition coefficient (Wildman–Crippen LogP) is 7.03. The first kappa shape index (κ1) is 27.4. The molecule has 0 heterocycles. The minimum absolute atomic E-state index is 0.113. The van der Waals surface area contributed by atoms with E-state index in [9.17, 15) is 10.1 Å². The SMILES string of the molecule is CCOc1cc(/C=C(\C#N)C(=O)Nc2cc(OC)c(Cl)cc2OC)ccc1OCc1cccc2ccccc12. The highest BCUT2D eigenvalue weighted by Crippen LogP contribution is 2.36. The summed E-state index contributed by atoms with van der Waals surface area (Å²) >= 11 is 6.15. The Morgan fingerprint density at radius 1 is 0.923 bits per heavy atom. The number of nitriles is 1. The molecule has 0 radical (unpaired) electrons. The molecule has 39 heavy (non-hydrogen) atoms. The Bertz CT molecular complexity index is 1570. The van der Waals surface area contributed by atoms with E-state index in [0.29, 0.717) is 52.5 Å². The van der Waals surface area contributed by atoms with Gasteiger partial charge in [-0.3, -0.25) is 4.79 Å². The van der Waals surface area contributed by atoms with E-state index in [1.54, 1.807) is 18.2 Å². The number of carbonyl (C=O) groups is 1. The highest BCUT2D eigenvalue weighted by molar-refractivity contribution is 6.32. The summed E-state index contributed by atoms with van der Waals surface area (Å²) in [5.74, 6) is 1.14. The number of methoxy groups -OCH3 is 2. The van der Waals surface area contributed by atoms with Crippen molar-refractivity contribution in [1.82, 2.24) is 0 Å². The van der Waals surface area contributed by atoms with Gasteiger partial charge in [-0.05, 0) is 47.0 Å². The van der Waals surface area contributed by atoms with Crippen LogP contribution in [0.15, 0.2) is 78.4 Å². The third-order valence-corrected chi connectivity index (χ3v) is 6.22. The number of nitrogens with zero attached hydrogens (tertiary/aromatic N) is 1. The summed E-state index contributed by atoms with van der Waals surface area (Å²) in [4.78, 5) is 13.0. The van der Waals surface area contributed by atoms with Crippen LogP contribution in [0.25, 0.3) is 16.8 Å². The van der Waals surface area contributed by atoms with Crippen LogP contribution in [0.1, 0.15) is 18.1 Å². The Hall–Kier alpha value is -4.67. The van der Waals surface area contributed by atoms with Crippen LogP contribution >= 0.6 is 11.6 Å². The van der Waals surface area contributed by atoms with Crippen molar-refractivity contribution in [1.29, 1.82) is 5.26 Å². The quantitative estimate of drug-likeness (QED) is 0.171. The van der Waals surface area contributed by atoms with E-state index in [4.69, 9.17) is 30.5 Å². The van der Waals surface area contributed by atoms with Crippen molar-refractivity contribution in [3.8, 4) is 29.1 Å². The summed E-state index contributed by atoms with van der Waals surface area (Å²) in [5.41, 5.74) is 1.86. The van der Waals surface area contributed by atoms with E-state index in [1.807, 2.05) is 37.3 Å². The van der Waals surface area contributed by atoms with E-state index < -0.39 is 5.91 Å². The summed E-state index contributed by atoms with van der Waals surface area (Å²) in [6.07, 6.45) is 1.48. The van der Waals surface area contributed by atoms with Gasteiger partial charge in [-0.2, -0.15) is 5.26 Å². The minimum atomic E-state index is -0.616. The van der Waals surface area contributed by atoms with Gasteiger partial charge in [-0.1, -0.05) is 60.1 Å². The van der Waals surface area contributed by atoms with E-state index in [1.165, 1.54) is 32.4 Å². The van der Waals surface area contributed by atoms with Crippen LogP contribution in [-0.4, -0.2) is 26.7 Å². The number of halogens is 1. The Labute approximate surface area is 232 Å². The zero-order chi connectivity index (χ0) is 27.8. The summed E-state index contributed by atoms with van der Waals surface area (Å²) in [5, 5.41) is 15.0. The first-order valence-corrected chi connectivity index (χ1v) is 12.6. The molecule has 0 saturated carbocycles. The van der Waals surface area contributed by atoms with E-state index >= 15 is 0 Å². The van der Waals surface area contributed by atoms with Crippen molar-refractivity contribution >= 4 is 40.0 Å². The third-order valence-electron chi connectivity index (χ3n) is 5.93. The average molecular weight is 543 g/mol. The van der Waals surface area contributed by atoms with Gasteiger partial charge in [0.05, 0.1) is 31.5 Å². The monoisotopic (exact) mass is 542 g/mol. The smallest absolute Gasteiger partial charge is 0.266 e. The molecule has 4 aromatic carbocycles. The van der Waals surface area contributed by atoms with Gasteiger partial charge in [0.25, 0.3) is 5.91 Å². The maximum atomic E-state index is 13.0. The minimum Gasteiger partial charge on any atom is -0.495 e. The fourth-order valence-corrected chi connectivity index (χ4v) is 4.27. The Kier molecular flexibility index (Phi) is 8.93. The number of nitrogens with one attached hydrogen (secondary N) is 1. The molecule has 0 atom stereocenters. The lowest BCUT2D eigenvalue weighted by Gasteiger charge is -2.14. The zero-order valence-electron chi connectivity index (χ0n) is 21.8. The molecule has 0 aliphatic heterocycles. The molecule has 0 saturated heterocycles. The van der Waals surface area contributed by atoms with Crippen LogP contribution in [0.2, 0.25) is 5.02 Å². The second-order valence-corrected chi connectivity index (χ2v) is 8.78. The Balaban J connectivity index is 1.56. The van der Waals surface area contributed by atoms with Gasteiger partial charge in [0.15, 0.2) is 11.5 Å². The number of ether oxygens (including phenoxy) is 4. The number of rotatable bonds is 10. The highest BCUT2D eigenvalue weighted by atomic mass is 35.5. The van der Waals surface area contributed by atoms with Crippen molar-refractivity contribution in [2.75, 3.05) is 26.1 Å². The number of benzene rings is 4. The number of fused-ring (bicyclic) bond motifs is 1. The third kappa shape index (κ3) is 6.43. The lowest BCUT2D eigenvalue weighted by molar-refractivity contribution is -0.112. The first-order valence-electron chi connectivity index (χ1n) is 12.2. The highest BCUT2D eigenvalue weighted by Gasteiger charge is 2.16. The fraction of sp³-hybridized carbons (Fsp3) is 0.161. The van der Waals surface area contributed by atoms with Crippen molar-refractivity contribution < 1.29 is 23.7 Å². The lowest BCUT2D eigenvalue weighted by Crippen LogP contribution is -2.14. The second-order valence-electron chi connectivity index (χ2n) is 8.38. The molecule has 0 unspecified atom stereocenters. The van der Waals surface area contributed by atoms with Gasteiger partial charge in [-0.15, -0.1) is 0 Å². The van der Waals surface area contributed by atoms with Gasteiger partial charge in [0.2, 0.25) is 0 Å². The summed E-state index contributed by atoms with van der Waals surface area (Å²) in [6.45, 7) is 2.65. The van der Waals surface area contributed by atoms with Crippen molar-refractivity contribution in [3.63, 3.8) is 0 Å². The van der Waals surface area contributed by atoms with Crippen molar-refractivity contribution in [2.45, 2.75) is 13.5 Å². The van der Waals surface area contributed by atoms with E-state index in [0.717, 1.165) is 16.3 Å². The molecule has 4 rings (SSSR count). The Morgan fingerprint density at radius 2 is 1.69 bits per heavy atom. The molecule has 8 heteroatoms. The van der Waals surface area contributed by atoms with Crippen LogP contribution in [0.5, 0.6) is 23.0 Å². The van der Waals surface area contributed by atoms with E-state index in [2.05, 4.69) is 23.5 Å². The lowest BCUT2D eigenvalue weighted by atomic mass is 10.1. The largest absolute Gasteiger partial charge is 0.495 e. The topological polar surface area (TPSA) is 89.8 Å². The molecule has 0 aliphatic carbocycles. The molecule has 0 aromatic heterocycles. The van der Waals surface area contributed by atoms with Crippen LogP contribution < -0.4 is 24.3 Å². The number of anilines is 1. The maximum Gasteiger partial charge on any atom is 0.266 e. The summed E-state index contributed by atoms with van der Waals surface area (Å²) < 4.78 is 22.5. The maximum absolute atomic E-state index is 13.0. The van der Waals surface area contributed by atoms with Gasteiger partial charge in [0, 0.05) is 12.1 Å². The molecule has 198 valence electrons. The molecular weight excluding hydrogens is 516 g/mol. The number of hydrogen-bond donors (Lipinski definition) is 1. The molecule has 0 bridgehead atoms. The predicted molar refractivity (Wildman–Crippen MR) is 153 cm³/mol. The van der Waals surface area contributed by atoms with Gasteiger partial charge in [-0.25, -0.2) is 0 Å². The van der Waals surface area contributed by atoms with Crippen LogP contribution in [0.3, 0.4) is 0 Å². The van der Waals surface area contributed by atoms with Crippen molar-refractivity contribution in [2.24, 2.45) is 0 Å². The van der Waals surface area contributed by atoms with Gasteiger partial charge < -0.3 is 24.3 Å². The van der Waals surface area contributed by atoms with Crippen LogP contribution in [0, 0.1) is 11.3 Å². The molecule has 0 fully saturated rings. The van der Waals surface area contributed by atoms with E-state index in [-0.39, 0.29) is 5.57 Å². The molecule has 1 N–H and O–H groups in total. The second kappa shape index (κ2) is 12.7. The van der Waals surface area contributed by atoms with Crippen LogP contribution in [-0.2, 0) is 11.4 Å². The normalized spacial score (nSPS) is 11.0. The summed E-state index contributed by atoms with van der Waals surface area (Å²) in [7, 11) is 2.92. The molecule has 1 amide bonds. The first-order chi connectivity index (χ1) is 19.0. The standard InChI is InChI=1S/C31H27ClN2O5/c1-4-38-30-15-20(12-13-27(30)39-19-22-10-7-9-21-8-5-6-11-24(21)22)14-23(18-33)31(35)34-26-17-28(36-2)25(32)16-29(26)37-3/h5-17H,4,19H2,1-3H3,(H,34,35)/b23-14+. The molecular formula is C31H27ClN2O5. The fourth-order valence-electron chi connectivity index (χ4n) is 4.04. The number of amides is 1. The average Bonchev–Trinajstić information content (AvgIpc) is 2.96. The number of carbonyl (C=O) groups excluding carboxylic acids is 1. The molecule has 0 aliphatic rings. The van der Waals surface area contributed by atoms with Crippen LogP contribution in [0.4, 0.5) is 5.69 Å². The van der Waals surface area contributed by atoms with Crippen molar-refractivity contribution in [3.05, 3.63) is 94.5 Å². The summed E-state index contributed by atoms with van der Waals surface area (Å²) in [6, 6.07) is 24.5. The number of hydrogen-bond acceptors (Lipinski definition) is 6. The molecule has 7 nitrogen and oxygen atoms in total.